The number of alkyl halides is 1. The molecule has 1 aromatic heterocycles. The Kier molecular flexibility index (Phi) is 4.67. The fraction of sp³-hybridized carbons (Fsp3) is 0.667. The molecule has 0 aromatic carbocycles. The van der Waals surface area contributed by atoms with Crippen LogP contribution in [0.15, 0.2) is 12.3 Å². The van der Waals surface area contributed by atoms with E-state index in [1.54, 1.807) is 0 Å². The summed E-state index contributed by atoms with van der Waals surface area (Å²) in [6, 6.07) is 2.52. The lowest BCUT2D eigenvalue weighted by molar-refractivity contribution is 0.529. The van der Waals surface area contributed by atoms with Crippen molar-refractivity contribution in [2.45, 2.75) is 25.6 Å². The van der Waals surface area contributed by atoms with Crippen LogP contribution in [0.3, 0.4) is 0 Å². The zero-order valence-corrected chi connectivity index (χ0v) is 9.61. The van der Waals surface area contributed by atoms with Crippen LogP contribution >= 0.6 is 23.4 Å². The van der Waals surface area contributed by atoms with E-state index in [2.05, 4.69) is 25.0 Å². The molecule has 13 heavy (non-hydrogen) atoms. The van der Waals surface area contributed by atoms with Crippen molar-refractivity contribution < 1.29 is 0 Å². The fourth-order valence-corrected chi connectivity index (χ4v) is 1.92. The van der Waals surface area contributed by atoms with Gasteiger partial charge in [0.15, 0.2) is 0 Å². The largest absolute Gasteiger partial charge is 0.270 e. The highest BCUT2D eigenvalue weighted by Crippen LogP contribution is 2.11. The Labute approximate surface area is 88.7 Å². The van der Waals surface area contributed by atoms with Crippen LogP contribution < -0.4 is 0 Å². The SMILES string of the molecule is CC(C)n1ccc(CSCCCl)n1. The zero-order valence-electron chi connectivity index (χ0n) is 8.03. The third-order valence-electron chi connectivity index (χ3n) is 1.66. The summed E-state index contributed by atoms with van der Waals surface area (Å²) in [4.78, 5) is 0. The third kappa shape index (κ3) is 3.61. The Bertz CT molecular complexity index is 248. The second kappa shape index (κ2) is 5.55. The summed E-state index contributed by atoms with van der Waals surface area (Å²) < 4.78 is 1.98. The van der Waals surface area contributed by atoms with Gasteiger partial charge in [-0.3, -0.25) is 4.68 Å². The van der Waals surface area contributed by atoms with Gasteiger partial charge in [0.2, 0.25) is 0 Å². The molecule has 0 N–H and O–H groups in total. The van der Waals surface area contributed by atoms with Gasteiger partial charge >= 0.3 is 0 Å². The molecule has 0 spiro atoms. The Hall–Kier alpha value is -0.150. The highest BCUT2D eigenvalue weighted by Gasteiger charge is 2.01. The quantitative estimate of drug-likeness (QED) is 0.559. The number of thioether (sulfide) groups is 1. The van der Waals surface area contributed by atoms with Gasteiger partial charge in [-0.25, -0.2) is 0 Å². The number of rotatable bonds is 5. The van der Waals surface area contributed by atoms with Crippen LogP contribution in [0.2, 0.25) is 0 Å². The van der Waals surface area contributed by atoms with Crippen LogP contribution in [0, 0.1) is 0 Å². The second-order valence-corrected chi connectivity index (χ2v) is 4.61. The van der Waals surface area contributed by atoms with Crippen LogP contribution in [-0.4, -0.2) is 21.4 Å². The van der Waals surface area contributed by atoms with Crippen LogP contribution in [0.5, 0.6) is 0 Å². The number of aromatic nitrogens is 2. The van der Waals surface area contributed by atoms with Crippen LogP contribution in [0.25, 0.3) is 0 Å². The predicted octanol–water partition coefficient (Wildman–Crippen LogP) is 2.94. The van der Waals surface area contributed by atoms with Gasteiger partial charge in [-0.2, -0.15) is 16.9 Å². The number of nitrogens with zero attached hydrogens (tertiary/aromatic N) is 2. The average molecular weight is 219 g/mol. The normalized spacial score (nSPS) is 11.1. The van der Waals surface area contributed by atoms with E-state index in [1.807, 2.05) is 22.6 Å². The molecule has 1 heterocycles. The molecule has 0 atom stereocenters. The Morgan fingerprint density at radius 1 is 1.62 bits per heavy atom. The van der Waals surface area contributed by atoms with Crippen LogP contribution in [0.1, 0.15) is 25.6 Å². The topological polar surface area (TPSA) is 17.8 Å². The van der Waals surface area contributed by atoms with Crippen molar-refractivity contribution in [2.75, 3.05) is 11.6 Å². The molecule has 0 unspecified atom stereocenters. The smallest absolute Gasteiger partial charge is 0.0723 e. The maximum Gasteiger partial charge on any atom is 0.0723 e. The minimum absolute atomic E-state index is 0.451. The monoisotopic (exact) mass is 218 g/mol. The van der Waals surface area contributed by atoms with E-state index in [0.29, 0.717) is 6.04 Å². The van der Waals surface area contributed by atoms with Gasteiger partial charge in [0, 0.05) is 29.6 Å². The number of halogens is 1. The third-order valence-corrected chi connectivity index (χ3v) is 3.07. The zero-order chi connectivity index (χ0) is 9.68. The first-order valence-corrected chi connectivity index (χ1v) is 6.10. The van der Waals surface area contributed by atoms with E-state index in [0.717, 1.165) is 23.1 Å². The van der Waals surface area contributed by atoms with E-state index in [-0.39, 0.29) is 0 Å². The summed E-state index contributed by atoms with van der Waals surface area (Å²) in [5.74, 6) is 2.68. The lowest BCUT2D eigenvalue weighted by atomic mass is 10.4. The van der Waals surface area contributed by atoms with Crippen molar-refractivity contribution in [1.29, 1.82) is 0 Å². The molecule has 0 fully saturated rings. The van der Waals surface area contributed by atoms with Gasteiger partial charge in [-0.05, 0) is 19.9 Å². The molecular formula is C9H15ClN2S. The summed E-state index contributed by atoms with van der Waals surface area (Å²) in [6.07, 6.45) is 2.03. The van der Waals surface area contributed by atoms with Gasteiger partial charge in [0.05, 0.1) is 5.69 Å². The molecule has 1 aromatic rings. The molecule has 0 bridgehead atoms. The van der Waals surface area contributed by atoms with Crippen molar-refractivity contribution in [3.8, 4) is 0 Å². The molecule has 0 aliphatic heterocycles. The maximum absolute atomic E-state index is 5.58. The molecule has 4 heteroatoms. The van der Waals surface area contributed by atoms with Gasteiger partial charge in [-0.1, -0.05) is 0 Å². The van der Waals surface area contributed by atoms with E-state index in [9.17, 15) is 0 Å². The molecule has 1 rings (SSSR count). The lowest BCUT2D eigenvalue weighted by Gasteiger charge is -2.03. The Balaban J connectivity index is 2.40. The van der Waals surface area contributed by atoms with E-state index < -0.39 is 0 Å². The molecule has 0 saturated carbocycles. The summed E-state index contributed by atoms with van der Waals surface area (Å²) in [5.41, 5.74) is 1.14. The molecule has 0 aliphatic carbocycles. The first-order valence-electron chi connectivity index (χ1n) is 4.41. The first kappa shape index (κ1) is 10.9. The molecule has 74 valence electrons. The van der Waals surface area contributed by atoms with E-state index in [1.165, 1.54) is 0 Å². The van der Waals surface area contributed by atoms with Crippen molar-refractivity contribution in [1.82, 2.24) is 9.78 Å². The standard InChI is InChI=1S/C9H15ClN2S/c1-8(2)12-5-3-9(11-12)7-13-6-4-10/h3,5,8H,4,6-7H2,1-2H3. The molecule has 0 aliphatic rings. The second-order valence-electron chi connectivity index (χ2n) is 3.12. The highest BCUT2D eigenvalue weighted by atomic mass is 35.5. The molecule has 0 saturated heterocycles. The van der Waals surface area contributed by atoms with Crippen molar-refractivity contribution in [3.63, 3.8) is 0 Å². The Morgan fingerprint density at radius 2 is 2.38 bits per heavy atom. The van der Waals surface area contributed by atoms with Crippen molar-refractivity contribution >= 4 is 23.4 Å². The molecule has 2 nitrogen and oxygen atoms in total. The van der Waals surface area contributed by atoms with Crippen LogP contribution in [-0.2, 0) is 5.75 Å². The van der Waals surface area contributed by atoms with Crippen molar-refractivity contribution in [2.24, 2.45) is 0 Å². The lowest BCUT2D eigenvalue weighted by Crippen LogP contribution is -2.01. The Morgan fingerprint density at radius 3 is 2.92 bits per heavy atom. The number of hydrogen-bond donors (Lipinski definition) is 0. The predicted molar refractivity (Wildman–Crippen MR) is 59.5 cm³/mol. The minimum Gasteiger partial charge on any atom is -0.270 e. The summed E-state index contributed by atoms with van der Waals surface area (Å²) >= 11 is 7.40. The average Bonchev–Trinajstić information content (AvgIpc) is 2.53. The first-order chi connectivity index (χ1) is 6.24. The maximum atomic E-state index is 5.58. The van der Waals surface area contributed by atoms with Crippen molar-refractivity contribution in [3.05, 3.63) is 18.0 Å². The van der Waals surface area contributed by atoms with E-state index >= 15 is 0 Å². The van der Waals surface area contributed by atoms with Gasteiger partial charge in [0.1, 0.15) is 0 Å². The van der Waals surface area contributed by atoms with Gasteiger partial charge in [-0.15, -0.1) is 11.6 Å². The molecular weight excluding hydrogens is 204 g/mol. The van der Waals surface area contributed by atoms with Crippen LogP contribution in [0.4, 0.5) is 0 Å². The fourth-order valence-electron chi connectivity index (χ4n) is 0.973. The summed E-state index contributed by atoms with van der Waals surface area (Å²) in [7, 11) is 0. The highest BCUT2D eigenvalue weighted by molar-refractivity contribution is 7.98. The summed E-state index contributed by atoms with van der Waals surface area (Å²) in [5, 5.41) is 4.43. The molecule has 0 amide bonds. The minimum atomic E-state index is 0.451. The molecule has 0 radical (unpaired) electrons. The van der Waals surface area contributed by atoms with Gasteiger partial charge in [0.25, 0.3) is 0 Å². The summed E-state index contributed by atoms with van der Waals surface area (Å²) in [6.45, 7) is 4.26. The van der Waals surface area contributed by atoms with Gasteiger partial charge < -0.3 is 0 Å². The number of hydrogen-bond acceptors (Lipinski definition) is 2. The van der Waals surface area contributed by atoms with E-state index in [4.69, 9.17) is 11.6 Å².